The summed E-state index contributed by atoms with van der Waals surface area (Å²) in [4.78, 5) is 23.8. The summed E-state index contributed by atoms with van der Waals surface area (Å²) in [6, 6.07) is 3.59. The van der Waals surface area contributed by atoms with Crippen molar-refractivity contribution in [1.29, 1.82) is 0 Å². The number of aromatic nitrogens is 2. The standard InChI is InChI=1S/C21H27ClN6O3/c1-5-27-21(29)26(2)16-12-23-20(25-19(16)28(27)13-8-6-7-9-13)24-15-10-14(22)17(30-3)11-18(15)31-4/h10-13H,5-9H2,1-4H3,(H,23,24,25). The molecular weight excluding hydrogens is 420 g/mol. The van der Waals surface area contributed by atoms with Gasteiger partial charge in [-0.1, -0.05) is 24.4 Å². The third kappa shape index (κ3) is 3.78. The molecule has 1 N–H and O–H groups in total. The Kier molecular flexibility index (Phi) is 5.95. The lowest BCUT2D eigenvalue weighted by molar-refractivity contribution is 0.191. The highest BCUT2D eigenvalue weighted by Gasteiger charge is 2.39. The Morgan fingerprint density at radius 3 is 2.55 bits per heavy atom. The molecule has 0 saturated heterocycles. The summed E-state index contributed by atoms with van der Waals surface area (Å²) in [6.45, 7) is 2.54. The van der Waals surface area contributed by atoms with Crippen molar-refractivity contribution in [3.05, 3.63) is 23.4 Å². The third-order valence-corrected chi connectivity index (χ3v) is 6.08. The van der Waals surface area contributed by atoms with Crippen LogP contribution in [0.25, 0.3) is 0 Å². The molecule has 0 radical (unpaired) electrons. The molecule has 2 amide bonds. The van der Waals surface area contributed by atoms with Crippen LogP contribution in [-0.4, -0.2) is 54.9 Å². The Morgan fingerprint density at radius 1 is 1.19 bits per heavy atom. The van der Waals surface area contributed by atoms with Gasteiger partial charge < -0.3 is 14.8 Å². The molecule has 1 saturated carbocycles. The number of amides is 2. The zero-order chi connectivity index (χ0) is 22.1. The molecule has 2 heterocycles. The summed E-state index contributed by atoms with van der Waals surface area (Å²) in [6.07, 6.45) is 6.03. The maximum atomic E-state index is 12.9. The van der Waals surface area contributed by atoms with Crippen molar-refractivity contribution < 1.29 is 14.3 Å². The largest absolute Gasteiger partial charge is 0.495 e. The number of carbonyl (C=O) groups is 1. The number of halogens is 1. The summed E-state index contributed by atoms with van der Waals surface area (Å²) in [5.41, 5.74) is 1.31. The summed E-state index contributed by atoms with van der Waals surface area (Å²) < 4.78 is 10.7. The average molecular weight is 447 g/mol. The van der Waals surface area contributed by atoms with Gasteiger partial charge in [-0.25, -0.2) is 14.8 Å². The second kappa shape index (κ2) is 8.66. The fourth-order valence-corrected chi connectivity index (χ4v) is 4.44. The molecule has 1 aromatic carbocycles. The number of hydrogen-bond donors (Lipinski definition) is 1. The van der Waals surface area contributed by atoms with Crippen LogP contribution < -0.4 is 24.7 Å². The van der Waals surface area contributed by atoms with E-state index in [1.54, 1.807) is 49.5 Å². The second-order valence-corrected chi connectivity index (χ2v) is 7.96. The number of methoxy groups -OCH3 is 2. The van der Waals surface area contributed by atoms with Gasteiger partial charge >= 0.3 is 6.03 Å². The number of nitrogens with one attached hydrogen (secondary N) is 1. The average Bonchev–Trinajstić information content (AvgIpc) is 3.30. The molecule has 10 heteroatoms. The molecule has 0 bridgehead atoms. The second-order valence-electron chi connectivity index (χ2n) is 7.55. The maximum absolute atomic E-state index is 12.9. The minimum Gasteiger partial charge on any atom is -0.495 e. The number of carbonyl (C=O) groups excluding carboxylic acids is 1. The summed E-state index contributed by atoms with van der Waals surface area (Å²) >= 11 is 6.30. The number of rotatable bonds is 6. The van der Waals surface area contributed by atoms with Crippen molar-refractivity contribution >= 4 is 40.8 Å². The van der Waals surface area contributed by atoms with Crippen LogP contribution in [0.5, 0.6) is 11.5 Å². The lowest BCUT2D eigenvalue weighted by Gasteiger charge is -2.45. The Bertz CT molecular complexity index is 982. The Labute approximate surface area is 186 Å². The van der Waals surface area contributed by atoms with Crippen LogP contribution >= 0.6 is 11.6 Å². The van der Waals surface area contributed by atoms with Gasteiger partial charge in [-0.2, -0.15) is 4.98 Å². The highest BCUT2D eigenvalue weighted by Crippen LogP contribution is 2.40. The first kappa shape index (κ1) is 21.3. The minimum atomic E-state index is -0.0742. The van der Waals surface area contributed by atoms with E-state index in [0.29, 0.717) is 46.2 Å². The predicted molar refractivity (Wildman–Crippen MR) is 121 cm³/mol. The molecule has 31 heavy (non-hydrogen) atoms. The summed E-state index contributed by atoms with van der Waals surface area (Å²) in [5.74, 6) is 2.17. The molecule has 4 rings (SSSR count). The zero-order valence-corrected chi connectivity index (χ0v) is 18.9. The van der Waals surface area contributed by atoms with E-state index in [9.17, 15) is 4.79 Å². The van der Waals surface area contributed by atoms with E-state index in [0.717, 1.165) is 25.7 Å². The van der Waals surface area contributed by atoms with E-state index in [2.05, 4.69) is 15.3 Å². The quantitative estimate of drug-likeness (QED) is 0.701. The molecule has 0 atom stereocenters. The van der Waals surface area contributed by atoms with Crippen LogP contribution in [0.2, 0.25) is 5.02 Å². The van der Waals surface area contributed by atoms with E-state index in [1.807, 2.05) is 6.92 Å². The molecule has 2 aromatic rings. The molecular formula is C21H27ClN6O3. The highest BCUT2D eigenvalue weighted by atomic mass is 35.5. The first-order valence-electron chi connectivity index (χ1n) is 10.4. The fourth-order valence-electron chi connectivity index (χ4n) is 4.20. The van der Waals surface area contributed by atoms with Gasteiger partial charge in [-0.05, 0) is 25.8 Å². The number of hydrazine groups is 1. The van der Waals surface area contributed by atoms with Crippen LogP contribution in [0.1, 0.15) is 32.6 Å². The molecule has 0 spiro atoms. The smallest absolute Gasteiger partial charge is 0.343 e. The maximum Gasteiger partial charge on any atom is 0.343 e. The van der Waals surface area contributed by atoms with Crippen molar-refractivity contribution in [2.24, 2.45) is 0 Å². The number of hydrogen-bond acceptors (Lipinski definition) is 7. The molecule has 1 fully saturated rings. The normalized spacial score (nSPS) is 16.5. The Morgan fingerprint density at radius 2 is 1.90 bits per heavy atom. The van der Waals surface area contributed by atoms with Crippen molar-refractivity contribution in [2.75, 3.05) is 43.0 Å². The van der Waals surface area contributed by atoms with Gasteiger partial charge in [-0.15, -0.1) is 0 Å². The zero-order valence-electron chi connectivity index (χ0n) is 18.2. The van der Waals surface area contributed by atoms with Gasteiger partial charge in [0.15, 0.2) is 5.82 Å². The summed E-state index contributed by atoms with van der Waals surface area (Å²) in [7, 11) is 4.87. The van der Waals surface area contributed by atoms with Gasteiger partial charge in [0.05, 0.1) is 37.2 Å². The SMILES string of the molecule is CCN1C(=O)N(C)c2cnc(Nc3cc(Cl)c(OC)cc3OC)nc2N1C1CCCC1. The molecule has 0 unspecified atom stereocenters. The topological polar surface area (TPSA) is 83.1 Å². The van der Waals surface area contributed by atoms with Gasteiger partial charge in [0, 0.05) is 19.7 Å². The van der Waals surface area contributed by atoms with E-state index >= 15 is 0 Å². The lowest BCUT2D eigenvalue weighted by atomic mass is 10.2. The Balaban J connectivity index is 1.74. The van der Waals surface area contributed by atoms with E-state index in [-0.39, 0.29) is 12.1 Å². The molecule has 166 valence electrons. The molecule has 2 aliphatic rings. The summed E-state index contributed by atoms with van der Waals surface area (Å²) in [5, 5.41) is 7.46. The number of ether oxygens (including phenoxy) is 2. The molecule has 1 aliphatic carbocycles. The number of fused-ring (bicyclic) bond motifs is 1. The van der Waals surface area contributed by atoms with Crippen LogP contribution in [0.15, 0.2) is 18.3 Å². The van der Waals surface area contributed by atoms with Crippen molar-refractivity contribution in [3.8, 4) is 11.5 Å². The van der Waals surface area contributed by atoms with Gasteiger partial charge in [0.2, 0.25) is 5.95 Å². The van der Waals surface area contributed by atoms with Crippen molar-refractivity contribution in [2.45, 2.75) is 38.6 Å². The molecule has 9 nitrogen and oxygen atoms in total. The van der Waals surface area contributed by atoms with Gasteiger partial charge in [0.1, 0.15) is 17.2 Å². The lowest BCUT2D eigenvalue weighted by Crippen LogP contribution is -2.59. The van der Waals surface area contributed by atoms with E-state index < -0.39 is 0 Å². The first-order valence-corrected chi connectivity index (χ1v) is 10.8. The number of anilines is 4. The van der Waals surface area contributed by atoms with Crippen LogP contribution in [-0.2, 0) is 0 Å². The highest BCUT2D eigenvalue weighted by molar-refractivity contribution is 6.32. The number of benzene rings is 1. The van der Waals surface area contributed by atoms with Crippen molar-refractivity contribution in [3.63, 3.8) is 0 Å². The van der Waals surface area contributed by atoms with Crippen molar-refractivity contribution in [1.82, 2.24) is 15.0 Å². The van der Waals surface area contributed by atoms with Gasteiger partial charge in [-0.3, -0.25) is 9.91 Å². The van der Waals surface area contributed by atoms with Crippen LogP contribution in [0.4, 0.5) is 27.9 Å². The van der Waals surface area contributed by atoms with Gasteiger partial charge in [0.25, 0.3) is 0 Å². The minimum absolute atomic E-state index is 0.0742. The first-order chi connectivity index (χ1) is 15.0. The van der Waals surface area contributed by atoms with Crippen LogP contribution in [0.3, 0.4) is 0 Å². The predicted octanol–water partition coefficient (Wildman–Crippen LogP) is 4.45. The van der Waals surface area contributed by atoms with E-state index in [1.165, 1.54) is 0 Å². The van der Waals surface area contributed by atoms with E-state index in [4.69, 9.17) is 26.1 Å². The fraction of sp³-hybridized carbons (Fsp3) is 0.476. The molecule has 1 aromatic heterocycles. The monoisotopic (exact) mass is 446 g/mol. The Hall–Kier alpha value is -2.94. The molecule has 1 aliphatic heterocycles. The third-order valence-electron chi connectivity index (χ3n) is 5.79. The van der Waals surface area contributed by atoms with Crippen LogP contribution in [0, 0.1) is 0 Å². The number of nitrogens with zero attached hydrogens (tertiary/aromatic N) is 5. The number of urea groups is 1.